The highest BCUT2D eigenvalue weighted by Crippen LogP contribution is 2.17. The highest BCUT2D eigenvalue weighted by atomic mass is 79.9. The smallest absolute Gasteiger partial charge is 0.220 e. The van der Waals surface area contributed by atoms with Gasteiger partial charge in [-0.3, -0.25) is 4.79 Å². The van der Waals surface area contributed by atoms with E-state index in [9.17, 15) is 4.79 Å². The Balaban J connectivity index is 1.73. The van der Waals surface area contributed by atoms with Crippen molar-refractivity contribution in [2.45, 2.75) is 51.2 Å². The van der Waals surface area contributed by atoms with Crippen molar-refractivity contribution < 1.29 is 4.79 Å². The van der Waals surface area contributed by atoms with Crippen LogP contribution in [0.4, 0.5) is 0 Å². The second-order valence-corrected chi connectivity index (χ2v) is 8.38. The highest BCUT2D eigenvalue weighted by molar-refractivity contribution is 9.10. The number of thioether (sulfide) groups is 1. The zero-order valence-electron chi connectivity index (χ0n) is 15.7. The molecule has 2 aromatic rings. The van der Waals surface area contributed by atoms with Gasteiger partial charge in [-0.25, -0.2) is 0 Å². The summed E-state index contributed by atoms with van der Waals surface area (Å²) >= 11 is 5.08. The van der Waals surface area contributed by atoms with Gasteiger partial charge >= 0.3 is 0 Å². The van der Waals surface area contributed by atoms with Crippen LogP contribution in [0, 0.1) is 5.92 Å². The lowest BCUT2D eigenvalue weighted by Crippen LogP contribution is -2.25. The molecule has 1 aromatic heterocycles. The molecule has 142 valence electrons. The number of hydrogen-bond acceptors (Lipinski definition) is 4. The quantitative estimate of drug-likeness (QED) is 0.447. The Morgan fingerprint density at radius 3 is 2.81 bits per heavy atom. The van der Waals surface area contributed by atoms with Gasteiger partial charge in [0.2, 0.25) is 5.91 Å². The zero-order valence-corrected chi connectivity index (χ0v) is 18.1. The van der Waals surface area contributed by atoms with Gasteiger partial charge in [-0.15, -0.1) is 10.2 Å². The molecule has 0 fully saturated rings. The van der Waals surface area contributed by atoms with Gasteiger partial charge in [0.05, 0.1) is 0 Å². The van der Waals surface area contributed by atoms with Gasteiger partial charge in [0.25, 0.3) is 0 Å². The third-order valence-electron chi connectivity index (χ3n) is 3.95. The molecule has 0 saturated carbocycles. The Hall–Kier alpha value is -1.34. The number of nitrogens with zero attached hydrogens (tertiary/aromatic N) is 3. The van der Waals surface area contributed by atoms with Crippen LogP contribution in [0.5, 0.6) is 0 Å². The van der Waals surface area contributed by atoms with Gasteiger partial charge in [-0.1, -0.05) is 53.7 Å². The van der Waals surface area contributed by atoms with Crippen LogP contribution in [0.2, 0.25) is 0 Å². The van der Waals surface area contributed by atoms with Crippen molar-refractivity contribution in [3.8, 4) is 0 Å². The minimum Gasteiger partial charge on any atom is -0.356 e. The maximum atomic E-state index is 12.0. The van der Waals surface area contributed by atoms with E-state index in [1.54, 1.807) is 11.8 Å². The number of hydrogen-bond donors (Lipinski definition) is 1. The third kappa shape index (κ3) is 6.76. The topological polar surface area (TPSA) is 59.8 Å². The molecule has 0 saturated heterocycles. The first-order valence-electron chi connectivity index (χ1n) is 8.96. The normalized spacial score (nSPS) is 11.1. The molecule has 1 aromatic carbocycles. The van der Waals surface area contributed by atoms with Crippen LogP contribution in [0.15, 0.2) is 33.9 Å². The van der Waals surface area contributed by atoms with E-state index in [0.717, 1.165) is 41.3 Å². The first-order valence-corrected chi connectivity index (χ1v) is 11.0. The number of carbonyl (C=O) groups is 1. The lowest BCUT2D eigenvalue weighted by molar-refractivity contribution is -0.121. The summed E-state index contributed by atoms with van der Waals surface area (Å²) in [5.74, 6) is 1.65. The lowest BCUT2D eigenvalue weighted by atomic mass is 10.1. The van der Waals surface area contributed by atoms with E-state index in [1.165, 1.54) is 5.56 Å². The maximum absolute atomic E-state index is 12.0. The highest BCUT2D eigenvalue weighted by Gasteiger charge is 2.12. The molecule has 0 aliphatic carbocycles. The van der Waals surface area contributed by atoms with Crippen molar-refractivity contribution in [3.05, 3.63) is 40.1 Å². The fourth-order valence-corrected chi connectivity index (χ4v) is 3.69. The van der Waals surface area contributed by atoms with Crippen molar-refractivity contribution in [1.29, 1.82) is 0 Å². The van der Waals surface area contributed by atoms with Crippen molar-refractivity contribution in [2.75, 3.05) is 12.8 Å². The predicted molar refractivity (Wildman–Crippen MR) is 110 cm³/mol. The molecule has 0 unspecified atom stereocenters. The first-order chi connectivity index (χ1) is 12.5. The summed E-state index contributed by atoms with van der Waals surface area (Å²) in [5, 5.41) is 12.5. The van der Waals surface area contributed by atoms with Crippen LogP contribution in [-0.2, 0) is 24.2 Å². The monoisotopic (exact) mass is 438 g/mol. The molecule has 7 heteroatoms. The van der Waals surface area contributed by atoms with Crippen LogP contribution in [0.25, 0.3) is 0 Å². The van der Waals surface area contributed by atoms with Gasteiger partial charge < -0.3 is 9.88 Å². The molecule has 0 bridgehead atoms. The average molecular weight is 439 g/mol. The van der Waals surface area contributed by atoms with E-state index < -0.39 is 0 Å². The number of rotatable bonds is 10. The molecule has 1 amide bonds. The SMILES string of the molecule is CSc1nnc(CCCNC(=O)CCc2cccc(Br)c2)n1CC(C)C. The van der Waals surface area contributed by atoms with Gasteiger partial charge in [0, 0.05) is 30.4 Å². The zero-order chi connectivity index (χ0) is 18.9. The van der Waals surface area contributed by atoms with Gasteiger partial charge in [-0.2, -0.15) is 0 Å². The Bertz CT molecular complexity index is 717. The molecule has 0 aliphatic rings. The first kappa shape index (κ1) is 21.0. The van der Waals surface area contributed by atoms with Gasteiger partial charge in [0.15, 0.2) is 5.16 Å². The molecule has 5 nitrogen and oxygen atoms in total. The van der Waals surface area contributed by atoms with Gasteiger partial charge in [0.1, 0.15) is 5.82 Å². The number of carbonyl (C=O) groups excluding carboxylic acids is 1. The second kappa shape index (κ2) is 10.7. The number of aryl methyl sites for hydroxylation is 2. The minimum absolute atomic E-state index is 0.0958. The van der Waals surface area contributed by atoms with Crippen LogP contribution in [-0.4, -0.2) is 33.5 Å². The van der Waals surface area contributed by atoms with Gasteiger partial charge in [-0.05, 0) is 42.7 Å². The van der Waals surface area contributed by atoms with Crippen LogP contribution >= 0.6 is 27.7 Å². The largest absolute Gasteiger partial charge is 0.356 e. The van der Waals surface area contributed by atoms with Crippen molar-refractivity contribution >= 4 is 33.6 Å². The maximum Gasteiger partial charge on any atom is 0.220 e. The summed E-state index contributed by atoms with van der Waals surface area (Å²) in [7, 11) is 0. The van der Waals surface area contributed by atoms with Crippen molar-refractivity contribution in [1.82, 2.24) is 20.1 Å². The fraction of sp³-hybridized carbons (Fsp3) is 0.526. The van der Waals surface area contributed by atoms with Crippen LogP contribution in [0.3, 0.4) is 0 Å². The average Bonchev–Trinajstić information content (AvgIpc) is 2.98. The number of aromatic nitrogens is 3. The molecule has 0 radical (unpaired) electrons. The Labute approximate surface area is 168 Å². The summed E-state index contributed by atoms with van der Waals surface area (Å²) < 4.78 is 3.25. The summed E-state index contributed by atoms with van der Waals surface area (Å²) in [6.07, 6.45) is 4.98. The minimum atomic E-state index is 0.0958. The molecule has 0 aliphatic heterocycles. The summed E-state index contributed by atoms with van der Waals surface area (Å²) in [4.78, 5) is 12.0. The molecule has 0 atom stereocenters. The van der Waals surface area contributed by atoms with E-state index in [2.05, 4.69) is 55.9 Å². The summed E-state index contributed by atoms with van der Waals surface area (Å²) in [5.41, 5.74) is 1.17. The Morgan fingerprint density at radius 1 is 1.31 bits per heavy atom. The third-order valence-corrected chi connectivity index (χ3v) is 5.11. The van der Waals surface area contributed by atoms with E-state index >= 15 is 0 Å². The lowest BCUT2D eigenvalue weighted by Gasteiger charge is -2.11. The molecular weight excluding hydrogens is 412 g/mol. The molecule has 1 N–H and O–H groups in total. The van der Waals surface area contributed by atoms with Crippen LogP contribution < -0.4 is 5.32 Å². The predicted octanol–water partition coefficient (Wildman–Crippen LogP) is 4.10. The number of amides is 1. The molecule has 1 heterocycles. The number of halogens is 1. The summed E-state index contributed by atoms with van der Waals surface area (Å²) in [6.45, 7) is 5.98. The molecule has 0 spiro atoms. The molecule has 2 rings (SSSR count). The number of benzene rings is 1. The van der Waals surface area contributed by atoms with E-state index in [4.69, 9.17) is 0 Å². The molecular formula is C19H27BrN4OS. The van der Waals surface area contributed by atoms with E-state index in [0.29, 0.717) is 18.9 Å². The van der Waals surface area contributed by atoms with Crippen molar-refractivity contribution in [3.63, 3.8) is 0 Å². The van der Waals surface area contributed by atoms with Crippen LogP contribution in [0.1, 0.15) is 38.1 Å². The van der Waals surface area contributed by atoms with Crippen molar-refractivity contribution in [2.24, 2.45) is 5.92 Å². The van der Waals surface area contributed by atoms with E-state index in [-0.39, 0.29) is 5.91 Å². The van der Waals surface area contributed by atoms with E-state index in [1.807, 2.05) is 24.5 Å². The standard InChI is InChI=1S/C19H27BrN4OS/c1-14(2)13-24-17(22-23-19(24)26-3)8-5-11-21-18(25)10-9-15-6-4-7-16(20)12-15/h4,6-7,12,14H,5,8-11,13H2,1-3H3,(H,21,25). The fourth-order valence-electron chi connectivity index (χ4n) is 2.72. The second-order valence-electron chi connectivity index (χ2n) is 6.69. The Kier molecular flexibility index (Phi) is 8.65. The number of nitrogens with one attached hydrogen (secondary N) is 1. The Morgan fingerprint density at radius 2 is 2.12 bits per heavy atom. The molecule has 26 heavy (non-hydrogen) atoms. The summed E-state index contributed by atoms with van der Waals surface area (Å²) in [6, 6.07) is 8.08.